The minimum Gasteiger partial charge on any atom is -0.354 e. The third kappa shape index (κ3) is 5.14. The maximum atomic E-state index is 12.8. The first kappa shape index (κ1) is 24.1. The zero-order chi connectivity index (χ0) is 25.2. The fourth-order valence-corrected chi connectivity index (χ4v) is 5.04. The molecular weight excluding hydrogens is 448 g/mol. The summed E-state index contributed by atoms with van der Waals surface area (Å²) in [6.07, 6.45) is 3.47. The average Bonchev–Trinajstić information content (AvgIpc) is 3.64. The van der Waals surface area contributed by atoms with Crippen LogP contribution >= 0.6 is 0 Å². The molecule has 1 aliphatic rings. The van der Waals surface area contributed by atoms with Crippen molar-refractivity contribution in [3.63, 3.8) is 0 Å². The van der Waals surface area contributed by atoms with E-state index in [0.717, 1.165) is 58.2 Å². The Bertz CT molecular complexity index is 1410. The van der Waals surface area contributed by atoms with Crippen molar-refractivity contribution in [3.8, 4) is 0 Å². The van der Waals surface area contributed by atoms with Gasteiger partial charge >= 0.3 is 0 Å². The van der Waals surface area contributed by atoms with E-state index in [4.69, 9.17) is 0 Å². The fraction of sp³-hybridized carbons (Fsp3) is 0.333. The number of H-pyrrole nitrogens is 1. The Morgan fingerprint density at radius 2 is 1.69 bits per heavy atom. The number of aryl methyl sites for hydroxylation is 3. The average molecular weight is 483 g/mol. The molecule has 1 heterocycles. The number of amides is 2. The van der Waals surface area contributed by atoms with Crippen LogP contribution in [0.2, 0.25) is 0 Å². The molecule has 0 spiro atoms. The minimum atomic E-state index is -0.0412. The third-order valence-electron chi connectivity index (χ3n) is 7.17. The van der Waals surface area contributed by atoms with Gasteiger partial charge in [-0.05, 0) is 61.9 Å². The number of aromatic amines is 1. The van der Waals surface area contributed by atoms with Crippen molar-refractivity contribution < 1.29 is 9.59 Å². The Morgan fingerprint density at radius 1 is 0.944 bits per heavy atom. The molecule has 6 heteroatoms. The summed E-state index contributed by atoms with van der Waals surface area (Å²) < 4.78 is 0. The van der Waals surface area contributed by atoms with E-state index >= 15 is 0 Å². The van der Waals surface area contributed by atoms with Crippen LogP contribution in [-0.2, 0) is 16.0 Å². The minimum absolute atomic E-state index is 0.0320. The number of fused-ring (bicyclic) bond motifs is 3. The Labute approximate surface area is 212 Å². The first-order valence-electron chi connectivity index (χ1n) is 12.9. The first-order valence-corrected chi connectivity index (χ1v) is 12.9. The first-order chi connectivity index (χ1) is 17.4. The van der Waals surface area contributed by atoms with Gasteiger partial charge in [0.15, 0.2) is 0 Å². The molecule has 3 aromatic carbocycles. The van der Waals surface area contributed by atoms with Gasteiger partial charge < -0.3 is 15.6 Å². The molecule has 0 unspecified atom stereocenters. The lowest BCUT2D eigenvalue weighted by Crippen LogP contribution is -2.37. The van der Waals surface area contributed by atoms with Crippen molar-refractivity contribution in [2.75, 3.05) is 23.7 Å². The van der Waals surface area contributed by atoms with Crippen LogP contribution in [0.3, 0.4) is 0 Å². The van der Waals surface area contributed by atoms with Crippen LogP contribution in [-0.4, -0.2) is 40.8 Å². The molecule has 6 nitrogen and oxygen atoms in total. The quantitative estimate of drug-likeness (QED) is 0.277. The Kier molecular flexibility index (Phi) is 6.79. The Balaban J connectivity index is 1.20. The summed E-state index contributed by atoms with van der Waals surface area (Å²) in [4.78, 5) is 31.2. The van der Waals surface area contributed by atoms with Crippen molar-refractivity contribution in [3.05, 3.63) is 71.3 Å². The van der Waals surface area contributed by atoms with Crippen molar-refractivity contribution >= 4 is 45.0 Å². The lowest BCUT2D eigenvalue weighted by molar-refractivity contribution is -0.119. The largest absolute Gasteiger partial charge is 0.354 e. The summed E-state index contributed by atoms with van der Waals surface area (Å²) in [5.74, 6) is -0.0732. The highest BCUT2D eigenvalue weighted by Crippen LogP contribution is 2.30. The molecule has 2 amide bonds. The monoisotopic (exact) mass is 482 g/mol. The maximum Gasteiger partial charge on any atom is 0.238 e. The number of benzene rings is 3. The van der Waals surface area contributed by atoms with E-state index in [-0.39, 0.29) is 11.8 Å². The van der Waals surface area contributed by atoms with Crippen LogP contribution in [0.15, 0.2) is 54.6 Å². The van der Waals surface area contributed by atoms with Crippen LogP contribution < -0.4 is 10.6 Å². The highest BCUT2D eigenvalue weighted by atomic mass is 16.2. The second-order valence-electron chi connectivity index (χ2n) is 9.89. The molecule has 0 bridgehead atoms. The van der Waals surface area contributed by atoms with Gasteiger partial charge in [0, 0.05) is 52.2 Å². The van der Waals surface area contributed by atoms with Crippen LogP contribution in [0.25, 0.3) is 21.8 Å². The smallest absolute Gasteiger partial charge is 0.238 e. The molecule has 0 radical (unpaired) electrons. The SMILES string of the molecule is CCc1cccc2c1[nH]c1cc(NC(=O)CCN(CC(=O)Nc3c(C)cccc3C)C3CC3)ccc12. The molecule has 5 rings (SSSR count). The molecule has 3 N–H and O–H groups in total. The number of hydrogen-bond acceptors (Lipinski definition) is 3. The van der Waals surface area contributed by atoms with E-state index in [9.17, 15) is 9.59 Å². The number of para-hydroxylation sites is 2. The number of rotatable bonds is 9. The summed E-state index contributed by atoms with van der Waals surface area (Å²) in [5.41, 5.74) is 7.25. The fourth-order valence-electron chi connectivity index (χ4n) is 5.04. The molecule has 1 saturated carbocycles. The molecular formula is C30H34N4O2. The van der Waals surface area contributed by atoms with Crippen LogP contribution in [0.1, 0.15) is 42.9 Å². The zero-order valence-corrected chi connectivity index (χ0v) is 21.3. The highest BCUT2D eigenvalue weighted by Gasteiger charge is 2.30. The second kappa shape index (κ2) is 10.2. The molecule has 1 aromatic heterocycles. The summed E-state index contributed by atoms with van der Waals surface area (Å²) in [6, 6.07) is 18.8. The second-order valence-corrected chi connectivity index (χ2v) is 9.89. The van der Waals surface area contributed by atoms with Gasteiger partial charge in [0.05, 0.1) is 6.54 Å². The number of hydrogen-bond donors (Lipinski definition) is 3. The van der Waals surface area contributed by atoms with Crippen LogP contribution in [0, 0.1) is 13.8 Å². The lowest BCUT2D eigenvalue weighted by atomic mass is 10.1. The molecule has 0 atom stereocenters. The van der Waals surface area contributed by atoms with Gasteiger partial charge in [-0.25, -0.2) is 0 Å². The zero-order valence-electron chi connectivity index (χ0n) is 21.3. The maximum absolute atomic E-state index is 12.8. The van der Waals surface area contributed by atoms with Crippen LogP contribution in [0.5, 0.6) is 0 Å². The van der Waals surface area contributed by atoms with E-state index in [1.54, 1.807) is 0 Å². The standard InChI is InChI=1S/C30H34N4O2/c1-4-21-9-6-10-25-24-14-11-22(17-26(24)32-30(21)25)31-27(35)15-16-34(23-12-13-23)18-28(36)33-29-19(2)7-5-8-20(29)3/h5-11,14,17,23,32H,4,12-13,15-16,18H2,1-3H3,(H,31,35)(H,33,36). The van der Waals surface area contributed by atoms with E-state index < -0.39 is 0 Å². The third-order valence-corrected chi connectivity index (χ3v) is 7.17. The van der Waals surface area contributed by atoms with E-state index in [0.29, 0.717) is 25.6 Å². The number of nitrogens with zero attached hydrogens (tertiary/aromatic N) is 1. The van der Waals surface area contributed by atoms with Gasteiger partial charge in [0.2, 0.25) is 11.8 Å². The number of anilines is 2. The van der Waals surface area contributed by atoms with E-state index in [1.807, 2.05) is 44.2 Å². The lowest BCUT2D eigenvalue weighted by Gasteiger charge is -2.22. The highest BCUT2D eigenvalue weighted by molar-refractivity contribution is 6.09. The van der Waals surface area contributed by atoms with Crippen molar-refractivity contribution in [2.45, 2.75) is 52.5 Å². The molecule has 36 heavy (non-hydrogen) atoms. The summed E-state index contributed by atoms with van der Waals surface area (Å²) in [6.45, 7) is 7.02. The normalized spacial score (nSPS) is 13.4. The van der Waals surface area contributed by atoms with Gasteiger partial charge in [-0.1, -0.05) is 49.4 Å². The molecule has 0 aliphatic heterocycles. The number of aromatic nitrogens is 1. The molecule has 1 aliphatic carbocycles. The number of carbonyl (C=O) groups is 2. The van der Waals surface area contributed by atoms with Gasteiger partial charge in [0.25, 0.3) is 0 Å². The molecule has 4 aromatic rings. The van der Waals surface area contributed by atoms with Crippen LogP contribution in [0.4, 0.5) is 11.4 Å². The predicted octanol–water partition coefficient (Wildman–Crippen LogP) is 5.93. The van der Waals surface area contributed by atoms with E-state index in [1.165, 1.54) is 10.9 Å². The van der Waals surface area contributed by atoms with Gasteiger partial charge in [0.1, 0.15) is 0 Å². The van der Waals surface area contributed by atoms with Crippen molar-refractivity contribution in [1.29, 1.82) is 0 Å². The molecule has 186 valence electrons. The molecule has 0 saturated heterocycles. The van der Waals surface area contributed by atoms with Crippen molar-refractivity contribution in [2.24, 2.45) is 0 Å². The Hall–Kier alpha value is -3.64. The summed E-state index contributed by atoms with van der Waals surface area (Å²) in [7, 11) is 0. The van der Waals surface area contributed by atoms with Gasteiger partial charge in [-0.3, -0.25) is 14.5 Å². The molecule has 1 fully saturated rings. The number of carbonyl (C=O) groups excluding carboxylic acids is 2. The van der Waals surface area contributed by atoms with Gasteiger partial charge in [-0.15, -0.1) is 0 Å². The topological polar surface area (TPSA) is 77.2 Å². The summed E-state index contributed by atoms with van der Waals surface area (Å²) in [5, 5.41) is 8.48. The Morgan fingerprint density at radius 3 is 2.42 bits per heavy atom. The number of nitrogens with one attached hydrogen (secondary N) is 3. The van der Waals surface area contributed by atoms with Gasteiger partial charge in [-0.2, -0.15) is 0 Å². The van der Waals surface area contributed by atoms with Crippen molar-refractivity contribution in [1.82, 2.24) is 9.88 Å². The summed E-state index contributed by atoms with van der Waals surface area (Å²) >= 11 is 0. The van der Waals surface area contributed by atoms with E-state index in [2.05, 4.69) is 51.7 Å². The predicted molar refractivity (Wildman–Crippen MR) is 148 cm³/mol.